The Morgan fingerprint density at radius 1 is 1.73 bits per heavy atom. The number of aromatic nitrogens is 2. The Bertz CT molecular complexity index is 247. The molecule has 0 amide bonds. The Morgan fingerprint density at radius 2 is 2.45 bits per heavy atom. The lowest BCUT2D eigenvalue weighted by molar-refractivity contribution is 0.761. The number of halogens is 1. The van der Waals surface area contributed by atoms with Crippen molar-refractivity contribution in [3.05, 3.63) is 18.2 Å². The Morgan fingerprint density at radius 3 is 3.00 bits per heavy atom. The summed E-state index contributed by atoms with van der Waals surface area (Å²) < 4.78 is 1.97. The lowest BCUT2D eigenvalue weighted by atomic mass is 10.4. The van der Waals surface area contributed by atoms with E-state index in [9.17, 15) is 0 Å². The highest BCUT2D eigenvalue weighted by molar-refractivity contribution is 5.85. The predicted octanol–water partition coefficient (Wildman–Crippen LogP) is 1.50. The van der Waals surface area contributed by atoms with Crippen molar-refractivity contribution in [2.24, 2.45) is 0 Å². The molecular weight excluding hydrogens is 160 g/mol. The first-order chi connectivity index (χ1) is 4.88. The van der Waals surface area contributed by atoms with Crippen LogP contribution < -0.4 is 0 Å². The van der Waals surface area contributed by atoms with Crippen LogP contribution in [0.25, 0.3) is 0 Å². The fraction of sp³-hybridized carbons (Fsp3) is 0.375. The van der Waals surface area contributed by atoms with Gasteiger partial charge in [-0.2, -0.15) is 0 Å². The molecule has 0 saturated heterocycles. The maximum absolute atomic E-state index is 5.14. The summed E-state index contributed by atoms with van der Waals surface area (Å²) in [5.74, 6) is 3.62. The minimum absolute atomic E-state index is 0. The topological polar surface area (TPSA) is 17.8 Å². The molecule has 1 aromatic heterocycles. The fourth-order valence-electron chi connectivity index (χ4n) is 0.897. The SMILES string of the molecule is C#CCn1ccnc1CC.Cl. The number of rotatable bonds is 2. The molecule has 3 heteroatoms. The zero-order chi connectivity index (χ0) is 7.40. The van der Waals surface area contributed by atoms with E-state index in [-0.39, 0.29) is 12.4 Å². The summed E-state index contributed by atoms with van der Waals surface area (Å²) in [5, 5.41) is 0. The molecule has 0 aromatic carbocycles. The average molecular weight is 171 g/mol. The molecule has 0 spiro atoms. The molecule has 1 rings (SSSR count). The molecule has 0 radical (unpaired) electrons. The van der Waals surface area contributed by atoms with Gasteiger partial charge in [-0.3, -0.25) is 0 Å². The number of terminal acetylenes is 1. The van der Waals surface area contributed by atoms with Crippen LogP contribution in [0.5, 0.6) is 0 Å². The van der Waals surface area contributed by atoms with Crippen molar-refractivity contribution in [1.29, 1.82) is 0 Å². The number of imidazole rings is 1. The fourth-order valence-corrected chi connectivity index (χ4v) is 0.897. The normalized spacial score (nSPS) is 8.36. The molecule has 0 unspecified atom stereocenters. The molecule has 1 aromatic rings. The summed E-state index contributed by atoms with van der Waals surface area (Å²) in [6, 6.07) is 0. The molecule has 0 aliphatic rings. The van der Waals surface area contributed by atoms with Crippen molar-refractivity contribution < 1.29 is 0 Å². The molecule has 0 N–H and O–H groups in total. The number of nitrogens with zero attached hydrogens (tertiary/aromatic N) is 2. The van der Waals surface area contributed by atoms with Crippen LogP contribution in [0.4, 0.5) is 0 Å². The molecule has 0 saturated carbocycles. The van der Waals surface area contributed by atoms with E-state index in [1.807, 2.05) is 10.8 Å². The second kappa shape index (κ2) is 4.81. The molecule has 0 fully saturated rings. The van der Waals surface area contributed by atoms with E-state index in [0.717, 1.165) is 12.2 Å². The summed E-state index contributed by atoms with van der Waals surface area (Å²) in [4.78, 5) is 4.12. The van der Waals surface area contributed by atoms with Gasteiger partial charge in [0, 0.05) is 18.8 Å². The third-order valence-corrected chi connectivity index (χ3v) is 1.38. The van der Waals surface area contributed by atoms with Crippen LogP contribution in [-0.2, 0) is 13.0 Å². The van der Waals surface area contributed by atoms with Crippen molar-refractivity contribution in [1.82, 2.24) is 9.55 Å². The van der Waals surface area contributed by atoms with Gasteiger partial charge in [-0.25, -0.2) is 4.98 Å². The lowest BCUT2D eigenvalue weighted by Crippen LogP contribution is -1.99. The largest absolute Gasteiger partial charge is 0.323 e. The van der Waals surface area contributed by atoms with Crippen LogP contribution in [0, 0.1) is 12.3 Å². The minimum atomic E-state index is 0. The van der Waals surface area contributed by atoms with Gasteiger partial charge in [-0.15, -0.1) is 18.8 Å². The highest BCUT2D eigenvalue weighted by atomic mass is 35.5. The van der Waals surface area contributed by atoms with Crippen LogP contribution in [0.1, 0.15) is 12.7 Å². The lowest BCUT2D eigenvalue weighted by Gasteiger charge is -1.98. The molecule has 0 aliphatic carbocycles. The molecule has 0 aliphatic heterocycles. The van der Waals surface area contributed by atoms with E-state index in [4.69, 9.17) is 6.42 Å². The van der Waals surface area contributed by atoms with E-state index >= 15 is 0 Å². The molecular formula is C8H11ClN2. The van der Waals surface area contributed by atoms with Crippen LogP contribution in [0.15, 0.2) is 12.4 Å². The summed E-state index contributed by atoms with van der Waals surface area (Å²) in [5.41, 5.74) is 0. The predicted molar refractivity (Wildman–Crippen MR) is 47.7 cm³/mol. The summed E-state index contributed by atoms with van der Waals surface area (Å²) in [6.07, 6.45) is 9.76. The molecule has 11 heavy (non-hydrogen) atoms. The van der Waals surface area contributed by atoms with Gasteiger partial charge in [0.15, 0.2) is 0 Å². The number of hydrogen-bond donors (Lipinski definition) is 0. The summed E-state index contributed by atoms with van der Waals surface area (Å²) in [6.45, 7) is 2.69. The van der Waals surface area contributed by atoms with Crippen molar-refractivity contribution in [3.8, 4) is 12.3 Å². The smallest absolute Gasteiger partial charge is 0.109 e. The molecule has 1 heterocycles. The van der Waals surface area contributed by atoms with Gasteiger partial charge in [-0.05, 0) is 0 Å². The van der Waals surface area contributed by atoms with Crippen LogP contribution in [-0.4, -0.2) is 9.55 Å². The van der Waals surface area contributed by atoms with Gasteiger partial charge in [0.1, 0.15) is 5.82 Å². The molecule has 2 nitrogen and oxygen atoms in total. The first-order valence-corrected chi connectivity index (χ1v) is 3.32. The van der Waals surface area contributed by atoms with Gasteiger partial charge in [0.05, 0.1) is 6.54 Å². The second-order valence-corrected chi connectivity index (χ2v) is 2.03. The Hall–Kier alpha value is -0.940. The van der Waals surface area contributed by atoms with Crippen molar-refractivity contribution in [2.75, 3.05) is 0 Å². The Kier molecular flexibility index (Phi) is 4.40. The maximum Gasteiger partial charge on any atom is 0.109 e. The van der Waals surface area contributed by atoms with Crippen LogP contribution in [0.2, 0.25) is 0 Å². The number of hydrogen-bond acceptors (Lipinski definition) is 1. The zero-order valence-corrected chi connectivity index (χ0v) is 7.27. The number of aryl methyl sites for hydroxylation is 1. The first kappa shape index (κ1) is 10.1. The molecule has 60 valence electrons. The summed E-state index contributed by atoms with van der Waals surface area (Å²) in [7, 11) is 0. The van der Waals surface area contributed by atoms with E-state index < -0.39 is 0 Å². The first-order valence-electron chi connectivity index (χ1n) is 3.32. The molecule has 0 atom stereocenters. The highest BCUT2D eigenvalue weighted by Crippen LogP contribution is 1.96. The van der Waals surface area contributed by atoms with Gasteiger partial charge < -0.3 is 4.57 Å². The Labute approximate surface area is 73.0 Å². The van der Waals surface area contributed by atoms with E-state index in [2.05, 4.69) is 17.8 Å². The highest BCUT2D eigenvalue weighted by Gasteiger charge is 1.95. The summed E-state index contributed by atoms with van der Waals surface area (Å²) >= 11 is 0. The van der Waals surface area contributed by atoms with Crippen LogP contribution in [0.3, 0.4) is 0 Å². The standard InChI is InChI=1S/C8H10N2.ClH/c1-3-6-10-7-5-9-8(10)4-2;/h1,5,7H,4,6H2,2H3;1H. The van der Waals surface area contributed by atoms with Crippen molar-refractivity contribution in [3.63, 3.8) is 0 Å². The molecule has 0 bridgehead atoms. The monoisotopic (exact) mass is 170 g/mol. The van der Waals surface area contributed by atoms with E-state index in [0.29, 0.717) is 6.54 Å². The second-order valence-electron chi connectivity index (χ2n) is 2.03. The van der Waals surface area contributed by atoms with Gasteiger partial charge >= 0.3 is 0 Å². The third-order valence-electron chi connectivity index (χ3n) is 1.38. The zero-order valence-electron chi connectivity index (χ0n) is 6.45. The van der Waals surface area contributed by atoms with Gasteiger partial charge in [-0.1, -0.05) is 12.8 Å². The average Bonchev–Trinajstić information content (AvgIpc) is 2.36. The van der Waals surface area contributed by atoms with E-state index in [1.54, 1.807) is 6.20 Å². The Balaban J connectivity index is 0.000001000. The van der Waals surface area contributed by atoms with Crippen LogP contribution >= 0.6 is 12.4 Å². The van der Waals surface area contributed by atoms with Gasteiger partial charge in [0.25, 0.3) is 0 Å². The maximum atomic E-state index is 5.14. The minimum Gasteiger partial charge on any atom is -0.323 e. The third kappa shape index (κ3) is 2.28. The quantitative estimate of drug-likeness (QED) is 0.616. The van der Waals surface area contributed by atoms with E-state index in [1.165, 1.54) is 0 Å². The van der Waals surface area contributed by atoms with Crippen molar-refractivity contribution >= 4 is 12.4 Å². The van der Waals surface area contributed by atoms with Gasteiger partial charge in [0.2, 0.25) is 0 Å². The van der Waals surface area contributed by atoms with Crippen molar-refractivity contribution in [2.45, 2.75) is 19.9 Å².